The molecule has 2 N–H and O–H groups in total. The summed E-state index contributed by atoms with van der Waals surface area (Å²) in [5, 5.41) is 16.4. The van der Waals surface area contributed by atoms with Crippen LogP contribution >= 0.6 is 11.3 Å². The van der Waals surface area contributed by atoms with Gasteiger partial charge in [0.15, 0.2) is 0 Å². The van der Waals surface area contributed by atoms with Crippen LogP contribution in [0.15, 0.2) is 16.2 Å². The summed E-state index contributed by atoms with van der Waals surface area (Å²) in [7, 11) is 0. The molecule has 0 amide bonds. The third-order valence-electron chi connectivity index (χ3n) is 2.50. The van der Waals surface area contributed by atoms with Gasteiger partial charge in [-0.05, 0) is 6.42 Å². The average molecular weight is 238 g/mol. The Bertz CT molecular complexity index is 470. The van der Waals surface area contributed by atoms with Crippen molar-refractivity contribution >= 4 is 11.3 Å². The van der Waals surface area contributed by atoms with Crippen molar-refractivity contribution in [2.45, 2.75) is 18.6 Å². The number of β-amino-alcohol motifs (C(OH)–C–C–N with tert-alkyl or cyclic N) is 1. The van der Waals surface area contributed by atoms with Crippen molar-refractivity contribution in [2.24, 2.45) is 0 Å². The van der Waals surface area contributed by atoms with Crippen molar-refractivity contribution in [3.63, 3.8) is 0 Å². The second-order valence-corrected chi connectivity index (χ2v) is 4.56. The van der Waals surface area contributed by atoms with Gasteiger partial charge in [-0.1, -0.05) is 5.16 Å². The predicted molar refractivity (Wildman–Crippen MR) is 56.8 cm³/mol. The normalized spacial score (nSPS) is 25.1. The molecule has 1 fully saturated rings. The number of nitrogens with one attached hydrogen (secondary N) is 1. The first-order valence-corrected chi connectivity index (χ1v) is 5.85. The van der Waals surface area contributed by atoms with E-state index in [1.165, 1.54) is 11.3 Å². The van der Waals surface area contributed by atoms with Gasteiger partial charge in [-0.2, -0.15) is 4.98 Å². The number of hydrogen-bond acceptors (Lipinski definition) is 7. The lowest BCUT2D eigenvalue weighted by atomic mass is 10.2. The Hall–Kier alpha value is -1.31. The standard InChI is InChI=1S/C9H10N4O2S/c14-5-1-6(11-2-5)9-12-8(13-15-9)7-3-10-4-16-7/h3-6,11,14H,1-2H2/t5-,6-/m1/s1. The van der Waals surface area contributed by atoms with Gasteiger partial charge in [0.05, 0.1) is 22.5 Å². The highest BCUT2D eigenvalue weighted by Crippen LogP contribution is 2.25. The van der Waals surface area contributed by atoms with E-state index in [0.717, 1.165) is 4.88 Å². The maximum Gasteiger partial charge on any atom is 0.244 e. The summed E-state index contributed by atoms with van der Waals surface area (Å²) in [6, 6.07) is -0.0378. The Labute approximate surface area is 95.3 Å². The summed E-state index contributed by atoms with van der Waals surface area (Å²) in [5.41, 5.74) is 1.73. The quantitative estimate of drug-likeness (QED) is 0.796. The first-order valence-electron chi connectivity index (χ1n) is 4.97. The monoisotopic (exact) mass is 238 g/mol. The molecule has 0 aromatic carbocycles. The third-order valence-corrected chi connectivity index (χ3v) is 3.27. The highest BCUT2D eigenvalue weighted by atomic mass is 32.1. The van der Waals surface area contributed by atoms with Crippen LogP contribution < -0.4 is 5.32 Å². The first kappa shape index (κ1) is 9.88. The molecule has 3 rings (SSSR count). The molecule has 84 valence electrons. The maximum atomic E-state index is 9.39. The van der Waals surface area contributed by atoms with Gasteiger partial charge >= 0.3 is 0 Å². The second kappa shape index (κ2) is 3.93. The van der Waals surface area contributed by atoms with Crippen LogP contribution in [0.4, 0.5) is 0 Å². The van der Waals surface area contributed by atoms with E-state index in [1.807, 2.05) is 0 Å². The molecule has 2 aromatic heterocycles. The third kappa shape index (κ3) is 1.73. The van der Waals surface area contributed by atoms with E-state index < -0.39 is 0 Å². The van der Waals surface area contributed by atoms with Gasteiger partial charge in [0.25, 0.3) is 0 Å². The van der Waals surface area contributed by atoms with Crippen LogP contribution in [-0.2, 0) is 0 Å². The fraction of sp³-hybridized carbons (Fsp3) is 0.444. The van der Waals surface area contributed by atoms with E-state index in [4.69, 9.17) is 4.52 Å². The van der Waals surface area contributed by atoms with Crippen LogP contribution in [0.25, 0.3) is 10.7 Å². The highest BCUT2D eigenvalue weighted by Gasteiger charge is 2.28. The Morgan fingerprint density at radius 3 is 3.19 bits per heavy atom. The summed E-state index contributed by atoms with van der Waals surface area (Å²) in [4.78, 5) is 9.13. The molecule has 1 aliphatic heterocycles. The number of thiazole rings is 1. The van der Waals surface area contributed by atoms with E-state index >= 15 is 0 Å². The molecule has 1 aliphatic rings. The molecule has 16 heavy (non-hydrogen) atoms. The highest BCUT2D eigenvalue weighted by molar-refractivity contribution is 7.13. The SMILES string of the molecule is O[C@H]1CN[C@@H](c2nc(-c3cncs3)no2)C1. The lowest BCUT2D eigenvalue weighted by molar-refractivity contribution is 0.191. The zero-order chi connectivity index (χ0) is 11.0. The van der Waals surface area contributed by atoms with Gasteiger partial charge in [0, 0.05) is 12.7 Å². The molecule has 1 saturated heterocycles. The number of rotatable bonds is 2. The lowest BCUT2D eigenvalue weighted by Gasteiger charge is -2.01. The molecule has 0 saturated carbocycles. The Balaban J connectivity index is 1.83. The topological polar surface area (TPSA) is 84.1 Å². The molecular weight excluding hydrogens is 228 g/mol. The van der Waals surface area contributed by atoms with E-state index in [-0.39, 0.29) is 12.1 Å². The number of aromatic nitrogens is 3. The van der Waals surface area contributed by atoms with Gasteiger partial charge in [-0.3, -0.25) is 4.98 Å². The van der Waals surface area contributed by atoms with Gasteiger partial charge in [-0.15, -0.1) is 11.3 Å². The summed E-state index contributed by atoms with van der Waals surface area (Å²) < 4.78 is 5.16. The number of hydrogen-bond donors (Lipinski definition) is 2. The van der Waals surface area contributed by atoms with Crippen LogP contribution in [0.2, 0.25) is 0 Å². The van der Waals surface area contributed by atoms with Crippen LogP contribution in [0.3, 0.4) is 0 Å². The first-order chi connectivity index (χ1) is 7.83. The molecule has 7 heteroatoms. The molecule has 0 aliphatic carbocycles. The largest absolute Gasteiger partial charge is 0.392 e. The summed E-state index contributed by atoms with van der Waals surface area (Å²) in [6.45, 7) is 0.572. The molecule has 3 heterocycles. The van der Waals surface area contributed by atoms with E-state index in [2.05, 4.69) is 20.4 Å². The van der Waals surface area contributed by atoms with E-state index in [1.54, 1.807) is 11.7 Å². The minimum absolute atomic E-state index is 0.0378. The van der Waals surface area contributed by atoms with Crippen LogP contribution in [-0.4, -0.2) is 32.9 Å². The summed E-state index contributed by atoms with van der Waals surface area (Å²) >= 11 is 1.47. The van der Waals surface area contributed by atoms with Crippen LogP contribution in [0.5, 0.6) is 0 Å². The Kier molecular flexibility index (Phi) is 2.43. The summed E-state index contributed by atoms with van der Waals surface area (Å²) in [5.74, 6) is 1.08. The van der Waals surface area contributed by atoms with Gasteiger partial charge in [0.1, 0.15) is 0 Å². The Morgan fingerprint density at radius 2 is 2.50 bits per heavy atom. The molecule has 2 atom stereocenters. The van der Waals surface area contributed by atoms with Crippen molar-refractivity contribution in [1.82, 2.24) is 20.4 Å². The fourth-order valence-electron chi connectivity index (χ4n) is 1.71. The zero-order valence-electron chi connectivity index (χ0n) is 8.33. The molecule has 0 unspecified atom stereocenters. The number of aliphatic hydroxyl groups excluding tert-OH is 1. The minimum atomic E-state index is -0.330. The minimum Gasteiger partial charge on any atom is -0.392 e. The van der Waals surface area contributed by atoms with Gasteiger partial charge in [-0.25, -0.2) is 0 Å². The van der Waals surface area contributed by atoms with Crippen molar-refractivity contribution in [3.8, 4) is 10.7 Å². The molecule has 0 radical (unpaired) electrons. The van der Waals surface area contributed by atoms with Gasteiger partial charge in [0.2, 0.25) is 11.7 Å². The molecule has 0 spiro atoms. The predicted octanol–water partition coefficient (Wildman–Crippen LogP) is 0.588. The molecule has 6 nitrogen and oxygen atoms in total. The average Bonchev–Trinajstić information content (AvgIpc) is 2.97. The molecule has 0 bridgehead atoms. The van der Waals surface area contributed by atoms with Crippen molar-refractivity contribution in [2.75, 3.05) is 6.54 Å². The van der Waals surface area contributed by atoms with Crippen molar-refractivity contribution in [1.29, 1.82) is 0 Å². The van der Waals surface area contributed by atoms with Crippen molar-refractivity contribution in [3.05, 3.63) is 17.6 Å². The van der Waals surface area contributed by atoms with Crippen LogP contribution in [0, 0.1) is 0 Å². The number of nitrogens with zero attached hydrogens (tertiary/aromatic N) is 3. The molecular formula is C9H10N4O2S. The second-order valence-electron chi connectivity index (χ2n) is 3.67. The van der Waals surface area contributed by atoms with Crippen LogP contribution in [0.1, 0.15) is 18.4 Å². The zero-order valence-corrected chi connectivity index (χ0v) is 9.15. The lowest BCUT2D eigenvalue weighted by Crippen LogP contribution is -2.15. The van der Waals surface area contributed by atoms with Gasteiger partial charge < -0.3 is 14.9 Å². The van der Waals surface area contributed by atoms with E-state index in [9.17, 15) is 5.11 Å². The van der Waals surface area contributed by atoms with E-state index in [0.29, 0.717) is 24.7 Å². The maximum absolute atomic E-state index is 9.39. The fourth-order valence-corrected chi connectivity index (χ4v) is 2.25. The molecule has 2 aromatic rings. The smallest absolute Gasteiger partial charge is 0.244 e. The summed E-state index contributed by atoms with van der Waals surface area (Å²) in [6.07, 6.45) is 1.99. The Morgan fingerprint density at radius 1 is 1.56 bits per heavy atom. The van der Waals surface area contributed by atoms with Crippen molar-refractivity contribution < 1.29 is 9.63 Å². The number of aliphatic hydroxyl groups is 1.